The van der Waals surface area contributed by atoms with Crippen molar-refractivity contribution in [3.05, 3.63) is 52.5 Å². The Hall–Kier alpha value is -2.46. The number of methoxy groups -OCH3 is 1. The molecule has 3 rings (SSSR count). The predicted octanol–water partition coefficient (Wildman–Crippen LogP) is 5.18. The quantitative estimate of drug-likeness (QED) is 0.651. The molecular formula is C24H25ClO4. The highest BCUT2D eigenvalue weighted by Crippen LogP contribution is 2.46. The van der Waals surface area contributed by atoms with Crippen molar-refractivity contribution < 1.29 is 19.1 Å². The standard InChI is InChI=1S/C24H25ClO4/c1-13-7-8-14(16-10-9-15(25)12-18(16)29-6)11-17(13)19-20(26)23(2,3)22(28)24(4,5)21(19)27/h7-12,19H,1-6H3. The van der Waals surface area contributed by atoms with Crippen LogP contribution in [0.5, 0.6) is 5.75 Å². The number of hydrogen-bond acceptors (Lipinski definition) is 4. The Kier molecular flexibility index (Phi) is 5.20. The molecule has 1 fully saturated rings. The van der Waals surface area contributed by atoms with Crippen molar-refractivity contribution in [2.24, 2.45) is 10.8 Å². The number of halogens is 1. The Bertz CT molecular complexity index is 1000. The Morgan fingerprint density at radius 2 is 1.48 bits per heavy atom. The van der Waals surface area contributed by atoms with Gasteiger partial charge >= 0.3 is 0 Å². The molecule has 0 bridgehead atoms. The Balaban J connectivity index is 2.19. The minimum absolute atomic E-state index is 0.329. The van der Waals surface area contributed by atoms with Crippen LogP contribution in [0.15, 0.2) is 36.4 Å². The molecule has 0 radical (unpaired) electrons. The van der Waals surface area contributed by atoms with Gasteiger partial charge in [0.05, 0.1) is 17.9 Å². The number of ether oxygens (including phenoxy) is 1. The minimum atomic E-state index is -1.22. The van der Waals surface area contributed by atoms with Crippen molar-refractivity contribution in [3.8, 4) is 16.9 Å². The van der Waals surface area contributed by atoms with E-state index in [0.717, 1.165) is 16.7 Å². The lowest BCUT2D eigenvalue weighted by Crippen LogP contribution is -2.56. The molecule has 0 atom stereocenters. The fraction of sp³-hybridized carbons (Fsp3) is 0.375. The highest BCUT2D eigenvalue weighted by Gasteiger charge is 2.58. The SMILES string of the molecule is COc1cc(Cl)ccc1-c1ccc(C)c(C2C(=O)C(C)(C)C(=O)C(C)(C)C2=O)c1. The van der Waals surface area contributed by atoms with Gasteiger partial charge in [0.15, 0.2) is 17.3 Å². The van der Waals surface area contributed by atoms with Crippen LogP contribution in [0.4, 0.5) is 0 Å². The zero-order chi connectivity index (χ0) is 21.7. The summed E-state index contributed by atoms with van der Waals surface area (Å²) in [7, 11) is 1.56. The number of benzene rings is 2. The van der Waals surface area contributed by atoms with Gasteiger partial charge in [0.2, 0.25) is 0 Å². The zero-order valence-electron chi connectivity index (χ0n) is 17.6. The number of rotatable bonds is 3. The smallest absolute Gasteiger partial charge is 0.160 e. The molecule has 1 saturated carbocycles. The van der Waals surface area contributed by atoms with Gasteiger partial charge < -0.3 is 4.74 Å². The van der Waals surface area contributed by atoms with Crippen LogP contribution in [0.25, 0.3) is 11.1 Å². The molecule has 152 valence electrons. The van der Waals surface area contributed by atoms with Crippen molar-refractivity contribution in [2.45, 2.75) is 40.5 Å². The number of carbonyl (C=O) groups is 3. The third-order valence-corrected chi connectivity index (χ3v) is 6.19. The molecule has 1 aliphatic carbocycles. The zero-order valence-corrected chi connectivity index (χ0v) is 18.3. The van der Waals surface area contributed by atoms with E-state index in [1.165, 1.54) is 0 Å². The topological polar surface area (TPSA) is 60.4 Å². The molecule has 0 N–H and O–H groups in total. The molecule has 29 heavy (non-hydrogen) atoms. The molecule has 2 aromatic rings. The minimum Gasteiger partial charge on any atom is -0.496 e. The molecule has 0 aromatic heterocycles. The Morgan fingerprint density at radius 3 is 2.03 bits per heavy atom. The first-order chi connectivity index (χ1) is 13.4. The van der Waals surface area contributed by atoms with E-state index < -0.39 is 16.7 Å². The van der Waals surface area contributed by atoms with Crippen LogP contribution in [0, 0.1) is 17.8 Å². The average Bonchev–Trinajstić information content (AvgIpc) is 2.67. The highest BCUT2D eigenvalue weighted by molar-refractivity contribution is 6.31. The van der Waals surface area contributed by atoms with Crippen LogP contribution in [0.3, 0.4) is 0 Å². The lowest BCUT2D eigenvalue weighted by atomic mass is 9.57. The van der Waals surface area contributed by atoms with E-state index in [-0.39, 0.29) is 17.3 Å². The maximum atomic E-state index is 13.2. The summed E-state index contributed by atoms with van der Waals surface area (Å²) < 4.78 is 5.46. The normalized spacial score (nSPS) is 18.8. The van der Waals surface area contributed by atoms with Gasteiger partial charge in [-0.3, -0.25) is 14.4 Å². The van der Waals surface area contributed by atoms with Gasteiger partial charge in [0.25, 0.3) is 0 Å². The Labute approximate surface area is 176 Å². The van der Waals surface area contributed by atoms with Crippen LogP contribution < -0.4 is 4.74 Å². The highest BCUT2D eigenvalue weighted by atomic mass is 35.5. The molecule has 0 aliphatic heterocycles. The van der Waals surface area contributed by atoms with Crippen LogP contribution in [0.2, 0.25) is 5.02 Å². The van der Waals surface area contributed by atoms with Crippen LogP contribution in [-0.2, 0) is 14.4 Å². The average molecular weight is 413 g/mol. The maximum Gasteiger partial charge on any atom is 0.160 e. The van der Waals surface area contributed by atoms with E-state index in [2.05, 4.69) is 0 Å². The van der Waals surface area contributed by atoms with Crippen molar-refractivity contribution >= 4 is 29.0 Å². The summed E-state index contributed by atoms with van der Waals surface area (Å²) >= 11 is 6.07. The third kappa shape index (κ3) is 3.29. The second-order valence-electron chi connectivity index (χ2n) is 8.66. The summed E-state index contributed by atoms with van der Waals surface area (Å²) in [6.07, 6.45) is 0. The molecular weight excluding hydrogens is 388 g/mol. The summed E-state index contributed by atoms with van der Waals surface area (Å²) in [5, 5.41) is 0.553. The van der Waals surface area contributed by atoms with E-state index in [1.807, 2.05) is 31.2 Å². The lowest BCUT2D eigenvalue weighted by molar-refractivity contribution is -0.157. The Morgan fingerprint density at radius 1 is 0.897 bits per heavy atom. The van der Waals surface area contributed by atoms with Gasteiger partial charge in [-0.1, -0.05) is 23.7 Å². The summed E-state index contributed by atoms with van der Waals surface area (Å²) in [5.74, 6) is -1.41. The fourth-order valence-corrected chi connectivity index (χ4v) is 4.31. The molecule has 0 spiro atoms. The molecule has 0 amide bonds. The predicted molar refractivity (Wildman–Crippen MR) is 114 cm³/mol. The first kappa shape index (κ1) is 21.3. The van der Waals surface area contributed by atoms with E-state index in [9.17, 15) is 14.4 Å². The van der Waals surface area contributed by atoms with Crippen LogP contribution in [0.1, 0.15) is 44.7 Å². The van der Waals surface area contributed by atoms with Crippen LogP contribution in [-0.4, -0.2) is 24.5 Å². The van der Waals surface area contributed by atoms with Crippen LogP contribution >= 0.6 is 11.6 Å². The van der Waals surface area contributed by atoms with Crippen molar-refractivity contribution in [1.29, 1.82) is 0 Å². The first-order valence-corrected chi connectivity index (χ1v) is 9.88. The van der Waals surface area contributed by atoms with Crippen molar-refractivity contribution in [1.82, 2.24) is 0 Å². The molecule has 0 heterocycles. The third-order valence-electron chi connectivity index (χ3n) is 5.96. The van der Waals surface area contributed by atoms with E-state index >= 15 is 0 Å². The molecule has 5 heteroatoms. The van der Waals surface area contributed by atoms with E-state index in [0.29, 0.717) is 16.3 Å². The summed E-state index contributed by atoms with van der Waals surface area (Å²) in [6, 6.07) is 11.0. The summed E-state index contributed by atoms with van der Waals surface area (Å²) in [4.78, 5) is 39.3. The number of carbonyl (C=O) groups excluding carboxylic acids is 3. The lowest BCUT2D eigenvalue weighted by Gasteiger charge is -2.41. The largest absolute Gasteiger partial charge is 0.496 e. The fourth-order valence-electron chi connectivity index (χ4n) is 4.15. The molecule has 1 aliphatic rings. The monoisotopic (exact) mass is 412 g/mol. The number of aryl methyl sites for hydroxylation is 1. The maximum absolute atomic E-state index is 13.2. The first-order valence-electron chi connectivity index (χ1n) is 9.51. The van der Waals surface area contributed by atoms with Gasteiger partial charge in [-0.15, -0.1) is 0 Å². The molecule has 0 saturated heterocycles. The van der Waals surface area contributed by atoms with Gasteiger partial charge in [0, 0.05) is 10.6 Å². The number of hydrogen-bond donors (Lipinski definition) is 0. The van der Waals surface area contributed by atoms with Gasteiger partial charge in [0.1, 0.15) is 11.7 Å². The van der Waals surface area contributed by atoms with Gasteiger partial charge in [-0.25, -0.2) is 0 Å². The molecule has 4 nitrogen and oxygen atoms in total. The van der Waals surface area contributed by atoms with Crippen molar-refractivity contribution in [3.63, 3.8) is 0 Å². The molecule has 2 aromatic carbocycles. The van der Waals surface area contributed by atoms with Crippen molar-refractivity contribution in [2.75, 3.05) is 7.11 Å². The second-order valence-corrected chi connectivity index (χ2v) is 9.09. The second kappa shape index (κ2) is 7.10. The number of Topliss-reactive ketones (excluding diaryl/α,β-unsaturated/α-hetero) is 3. The van der Waals surface area contributed by atoms with Gasteiger partial charge in [-0.2, -0.15) is 0 Å². The van der Waals surface area contributed by atoms with E-state index in [1.54, 1.807) is 46.9 Å². The van der Waals surface area contributed by atoms with Gasteiger partial charge in [-0.05, 0) is 75.6 Å². The number of ketones is 3. The van der Waals surface area contributed by atoms with E-state index in [4.69, 9.17) is 16.3 Å². The summed E-state index contributed by atoms with van der Waals surface area (Å²) in [5.41, 5.74) is 0.637. The summed E-state index contributed by atoms with van der Waals surface area (Å²) in [6.45, 7) is 8.32. The molecule has 0 unspecified atom stereocenters.